The lowest BCUT2D eigenvalue weighted by molar-refractivity contribution is -0.139. The zero-order valence-corrected chi connectivity index (χ0v) is 18.5. The van der Waals surface area contributed by atoms with Crippen molar-refractivity contribution in [1.29, 1.82) is 0 Å². The minimum absolute atomic E-state index is 0.360. The lowest BCUT2D eigenvalue weighted by Crippen LogP contribution is -2.21. The van der Waals surface area contributed by atoms with E-state index in [4.69, 9.17) is 25.3 Å². The van der Waals surface area contributed by atoms with Gasteiger partial charge in [-0.2, -0.15) is 0 Å². The molecule has 0 bridgehead atoms. The van der Waals surface area contributed by atoms with E-state index in [2.05, 4.69) is 14.9 Å². The first kappa shape index (κ1) is 22.5. The van der Waals surface area contributed by atoms with E-state index in [0.29, 0.717) is 49.7 Å². The zero-order chi connectivity index (χ0) is 23.2. The first-order chi connectivity index (χ1) is 16.1. The van der Waals surface area contributed by atoms with Crippen LogP contribution in [0.15, 0.2) is 48.5 Å². The molecule has 0 aliphatic carbocycles. The lowest BCUT2D eigenvalue weighted by Gasteiger charge is -2.12. The number of carbonyl (C=O) groups is 1. The Morgan fingerprint density at radius 2 is 2.03 bits per heavy atom. The summed E-state index contributed by atoms with van der Waals surface area (Å²) in [4.78, 5) is 20.0. The van der Waals surface area contributed by atoms with Crippen molar-refractivity contribution in [1.82, 2.24) is 19.9 Å². The molecule has 0 unspecified atom stereocenters. The Morgan fingerprint density at radius 1 is 1.18 bits per heavy atom. The van der Waals surface area contributed by atoms with Gasteiger partial charge >= 0.3 is 5.97 Å². The fourth-order valence-electron chi connectivity index (χ4n) is 3.84. The summed E-state index contributed by atoms with van der Waals surface area (Å²) in [5.74, 6) is 0.863. The number of aliphatic carboxylic acids is 1. The number of ether oxygens (including phenoxy) is 2. The predicted molar refractivity (Wildman–Crippen MR) is 126 cm³/mol. The molecule has 4 N–H and O–H groups in total. The fourth-order valence-corrected chi connectivity index (χ4v) is 3.84. The molecule has 33 heavy (non-hydrogen) atoms. The molecule has 0 fully saturated rings. The lowest BCUT2D eigenvalue weighted by atomic mass is 10.2. The number of fused-ring (bicyclic) bond motifs is 3. The maximum atomic E-state index is 10.7. The number of nitrogen functional groups attached to an aromatic ring is 1. The van der Waals surface area contributed by atoms with Gasteiger partial charge in [0.25, 0.3) is 0 Å². The predicted octanol–water partition coefficient (Wildman–Crippen LogP) is 2.61. The number of rotatable bonds is 11. The summed E-state index contributed by atoms with van der Waals surface area (Å²) >= 11 is 0. The van der Waals surface area contributed by atoms with Crippen LogP contribution in [0.2, 0.25) is 0 Å². The Balaban J connectivity index is 1.52. The molecule has 0 saturated carbocycles. The highest BCUT2D eigenvalue weighted by Gasteiger charge is 2.17. The summed E-state index contributed by atoms with van der Waals surface area (Å²) in [7, 11) is 1.67. The second-order valence-electron chi connectivity index (χ2n) is 7.64. The largest absolute Gasteiger partial charge is 0.482 e. The van der Waals surface area contributed by atoms with E-state index in [1.807, 2.05) is 42.5 Å². The van der Waals surface area contributed by atoms with E-state index in [1.165, 1.54) is 0 Å². The van der Waals surface area contributed by atoms with Gasteiger partial charge in [-0.1, -0.05) is 30.3 Å². The second kappa shape index (κ2) is 10.3. The number of nitrogens with one attached hydrogen (secondary N) is 1. The third kappa shape index (κ3) is 5.21. The summed E-state index contributed by atoms with van der Waals surface area (Å²) in [6.07, 6.45) is 0.669. The van der Waals surface area contributed by atoms with Gasteiger partial charge in [-0.25, -0.2) is 14.8 Å². The van der Waals surface area contributed by atoms with Crippen LogP contribution >= 0.6 is 0 Å². The number of benzene rings is 2. The molecule has 4 aromatic rings. The molecule has 4 rings (SSSR count). The summed E-state index contributed by atoms with van der Waals surface area (Å²) in [5, 5.41) is 13.2. The molecular formula is C24H27N5O4. The molecule has 0 aliphatic rings. The first-order valence-corrected chi connectivity index (χ1v) is 10.7. The van der Waals surface area contributed by atoms with E-state index in [-0.39, 0.29) is 6.61 Å². The van der Waals surface area contributed by atoms with Gasteiger partial charge in [0.15, 0.2) is 12.4 Å². The normalized spacial score (nSPS) is 11.3. The van der Waals surface area contributed by atoms with E-state index >= 15 is 0 Å². The van der Waals surface area contributed by atoms with E-state index < -0.39 is 5.97 Å². The van der Waals surface area contributed by atoms with Crippen molar-refractivity contribution in [2.75, 3.05) is 32.6 Å². The van der Waals surface area contributed by atoms with Crippen molar-refractivity contribution in [3.8, 4) is 5.75 Å². The number of anilines is 1. The number of methoxy groups -OCH3 is 1. The molecular weight excluding hydrogens is 422 g/mol. The third-order valence-electron chi connectivity index (χ3n) is 5.32. The standard InChI is InChI=1S/C24H27N5O4/c1-32-12-9-20-28-22-23(18-7-2-3-8-19(18)27-24(22)25)29(20)11-10-26-14-16-5-4-6-17(13-16)33-15-21(30)31/h2-8,13,26H,9-12,14-15H2,1H3,(H2,25,27)(H,30,31). The molecule has 2 aromatic carbocycles. The number of para-hydroxylation sites is 1. The maximum absolute atomic E-state index is 10.7. The summed E-state index contributed by atoms with van der Waals surface area (Å²) in [5.41, 5.74) is 9.78. The highest BCUT2D eigenvalue weighted by atomic mass is 16.5. The topological polar surface area (TPSA) is 125 Å². The summed E-state index contributed by atoms with van der Waals surface area (Å²) in [6.45, 7) is 2.21. The number of carboxylic acid groups (broad SMARTS) is 1. The van der Waals surface area contributed by atoms with Crippen LogP contribution in [0.3, 0.4) is 0 Å². The molecule has 172 valence electrons. The maximum Gasteiger partial charge on any atom is 0.341 e. The second-order valence-corrected chi connectivity index (χ2v) is 7.64. The monoisotopic (exact) mass is 449 g/mol. The van der Waals surface area contributed by atoms with Crippen LogP contribution in [0.4, 0.5) is 5.82 Å². The van der Waals surface area contributed by atoms with Gasteiger partial charge in [0.2, 0.25) is 0 Å². The van der Waals surface area contributed by atoms with Gasteiger partial charge in [0.1, 0.15) is 17.1 Å². The number of hydrogen-bond donors (Lipinski definition) is 3. The highest BCUT2D eigenvalue weighted by Crippen LogP contribution is 2.28. The zero-order valence-electron chi connectivity index (χ0n) is 18.5. The van der Waals surface area contributed by atoms with E-state index in [0.717, 1.165) is 27.8 Å². The molecule has 0 amide bonds. The number of imidazole rings is 1. The Morgan fingerprint density at radius 3 is 2.85 bits per heavy atom. The van der Waals surface area contributed by atoms with Crippen molar-refractivity contribution in [2.24, 2.45) is 0 Å². The minimum atomic E-state index is -1.00. The molecule has 0 aliphatic heterocycles. The number of nitrogens with zero attached hydrogens (tertiary/aromatic N) is 3. The Labute approximate surface area is 191 Å². The van der Waals surface area contributed by atoms with Crippen molar-refractivity contribution >= 4 is 33.7 Å². The van der Waals surface area contributed by atoms with Crippen LogP contribution in [0, 0.1) is 0 Å². The van der Waals surface area contributed by atoms with Gasteiger partial charge < -0.3 is 30.2 Å². The first-order valence-electron chi connectivity index (χ1n) is 10.7. The fraction of sp³-hybridized carbons (Fsp3) is 0.292. The van der Waals surface area contributed by atoms with Crippen molar-refractivity contribution in [3.05, 3.63) is 59.9 Å². The summed E-state index contributed by atoms with van der Waals surface area (Å²) in [6, 6.07) is 15.3. The van der Waals surface area contributed by atoms with Gasteiger partial charge in [-0.15, -0.1) is 0 Å². The van der Waals surface area contributed by atoms with E-state index in [1.54, 1.807) is 13.2 Å². The average molecular weight is 450 g/mol. The van der Waals surface area contributed by atoms with Gasteiger partial charge in [-0.05, 0) is 23.8 Å². The SMILES string of the molecule is COCCc1nc2c(N)nc3ccccc3c2n1CCNCc1cccc(OCC(=O)O)c1. The van der Waals surface area contributed by atoms with Crippen LogP contribution in [0.25, 0.3) is 21.9 Å². The quantitative estimate of drug-likeness (QED) is 0.299. The molecule has 0 saturated heterocycles. The van der Waals surface area contributed by atoms with Gasteiger partial charge in [0, 0.05) is 38.6 Å². The van der Waals surface area contributed by atoms with E-state index in [9.17, 15) is 4.79 Å². The van der Waals surface area contributed by atoms with Crippen LogP contribution in [-0.4, -0.2) is 52.5 Å². The molecule has 9 nitrogen and oxygen atoms in total. The molecule has 9 heteroatoms. The van der Waals surface area contributed by atoms with Gasteiger partial charge in [0.05, 0.1) is 17.6 Å². The third-order valence-corrected chi connectivity index (χ3v) is 5.32. The van der Waals surface area contributed by atoms with Gasteiger partial charge in [-0.3, -0.25) is 0 Å². The molecule has 0 radical (unpaired) electrons. The van der Waals surface area contributed by atoms with Crippen LogP contribution in [0.5, 0.6) is 5.75 Å². The number of nitrogens with two attached hydrogens (primary N) is 1. The molecule has 2 heterocycles. The number of aromatic nitrogens is 3. The molecule has 0 spiro atoms. The molecule has 2 aromatic heterocycles. The van der Waals surface area contributed by atoms with Crippen LogP contribution in [-0.2, 0) is 29.0 Å². The number of hydrogen-bond acceptors (Lipinski definition) is 7. The average Bonchev–Trinajstić information content (AvgIpc) is 3.19. The van der Waals surface area contributed by atoms with Crippen molar-refractivity contribution < 1.29 is 19.4 Å². The Bertz CT molecular complexity index is 1270. The minimum Gasteiger partial charge on any atom is -0.482 e. The Hall–Kier alpha value is -3.69. The summed E-state index contributed by atoms with van der Waals surface area (Å²) < 4.78 is 12.7. The molecule has 0 atom stereocenters. The smallest absolute Gasteiger partial charge is 0.341 e. The number of carboxylic acids is 1. The number of pyridine rings is 1. The van der Waals surface area contributed by atoms with Crippen molar-refractivity contribution in [3.63, 3.8) is 0 Å². The van der Waals surface area contributed by atoms with Crippen LogP contribution in [0.1, 0.15) is 11.4 Å². The van der Waals surface area contributed by atoms with Crippen LogP contribution < -0.4 is 15.8 Å². The Kier molecular flexibility index (Phi) is 7.01. The van der Waals surface area contributed by atoms with Crippen molar-refractivity contribution in [2.45, 2.75) is 19.5 Å². The highest BCUT2D eigenvalue weighted by molar-refractivity contribution is 6.06.